The van der Waals surface area contributed by atoms with E-state index in [1.54, 1.807) is 42.2 Å². The number of nitro groups is 1. The normalized spacial score (nSPS) is 10.9. The molecular formula is C17H15N7O3S. The molecule has 3 rings (SSSR count). The van der Waals surface area contributed by atoms with Crippen LogP contribution in [-0.4, -0.2) is 42.5 Å². The Hall–Kier alpha value is -3.60. The second-order valence-corrected chi connectivity index (χ2v) is 6.48. The molecule has 0 bridgehead atoms. The van der Waals surface area contributed by atoms with Gasteiger partial charge in [0.05, 0.1) is 16.9 Å². The standard InChI is InChI=1S/C17H15N7O3S/c1-23-16(13-5-2-6-14(8-13)24(26)27)21-22-17(23)28-11-15(25)20-19-10-12-4-3-7-18-9-12/h2-10H,11H2,1H3,(H,20,25)/b19-10-. The third-order valence-electron chi connectivity index (χ3n) is 3.57. The molecule has 11 heteroatoms. The quantitative estimate of drug-likeness (QED) is 0.279. The van der Waals surface area contributed by atoms with E-state index in [0.717, 1.165) is 5.56 Å². The maximum absolute atomic E-state index is 11.9. The highest BCUT2D eigenvalue weighted by molar-refractivity contribution is 7.99. The Morgan fingerprint density at radius 3 is 2.96 bits per heavy atom. The molecule has 142 valence electrons. The van der Waals surface area contributed by atoms with Crippen molar-refractivity contribution in [2.75, 3.05) is 5.75 Å². The summed E-state index contributed by atoms with van der Waals surface area (Å²) in [5.41, 5.74) is 3.74. The number of aromatic nitrogens is 4. The van der Waals surface area contributed by atoms with Crippen LogP contribution in [0, 0.1) is 10.1 Å². The molecule has 10 nitrogen and oxygen atoms in total. The smallest absolute Gasteiger partial charge is 0.270 e. The van der Waals surface area contributed by atoms with Gasteiger partial charge in [-0.1, -0.05) is 30.0 Å². The lowest BCUT2D eigenvalue weighted by atomic mass is 10.2. The minimum absolute atomic E-state index is 0.0273. The minimum atomic E-state index is -0.466. The van der Waals surface area contributed by atoms with Gasteiger partial charge in [0.2, 0.25) is 0 Å². The number of nitrogens with zero attached hydrogens (tertiary/aromatic N) is 6. The first kappa shape index (κ1) is 19.2. The first-order valence-electron chi connectivity index (χ1n) is 8.03. The first-order valence-corrected chi connectivity index (χ1v) is 9.02. The number of non-ortho nitro benzene ring substituents is 1. The summed E-state index contributed by atoms with van der Waals surface area (Å²) in [6.45, 7) is 0. The summed E-state index contributed by atoms with van der Waals surface area (Å²) >= 11 is 1.18. The largest absolute Gasteiger partial charge is 0.305 e. The van der Waals surface area contributed by atoms with Crippen molar-refractivity contribution in [2.24, 2.45) is 12.1 Å². The van der Waals surface area contributed by atoms with Crippen LogP contribution < -0.4 is 5.43 Å². The Morgan fingerprint density at radius 1 is 1.36 bits per heavy atom. The van der Waals surface area contributed by atoms with Crippen molar-refractivity contribution in [2.45, 2.75) is 5.16 Å². The summed E-state index contributed by atoms with van der Waals surface area (Å²) < 4.78 is 1.68. The summed E-state index contributed by atoms with van der Waals surface area (Å²) in [5, 5.41) is 23.4. The molecule has 0 aliphatic rings. The number of rotatable bonds is 7. The molecule has 0 aliphatic heterocycles. The zero-order valence-electron chi connectivity index (χ0n) is 14.7. The molecule has 0 radical (unpaired) electrons. The molecular weight excluding hydrogens is 382 g/mol. The minimum Gasteiger partial charge on any atom is -0.305 e. The Labute approximate surface area is 163 Å². The number of nitro benzene ring substituents is 1. The first-order chi connectivity index (χ1) is 13.5. The van der Waals surface area contributed by atoms with Gasteiger partial charge in [0, 0.05) is 42.7 Å². The summed E-state index contributed by atoms with van der Waals surface area (Å²) in [4.78, 5) is 26.3. The number of hydrogen-bond acceptors (Lipinski definition) is 8. The molecule has 1 aromatic carbocycles. The zero-order chi connectivity index (χ0) is 19.9. The average Bonchev–Trinajstić information content (AvgIpc) is 3.08. The third-order valence-corrected chi connectivity index (χ3v) is 4.59. The lowest BCUT2D eigenvalue weighted by Gasteiger charge is -2.03. The number of thioether (sulfide) groups is 1. The molecule has 0 saturated heterocycles. The van der Waals surface area contributed by atoms with Crippen LogP contribution in [0.15, 0.2) is 59.0 Å². The van der Waals surface area contributed by atoms with Crippen LogP contribution >= 0.6 is 11.8 Å². The molecule has 2 heterocycles. The van der Waals surface area contributed by atoms with Gasteiger partial charge in [-0.25, -0.2) is 5.43 Å². The number of nitrogens with one attached hydrogen (secondary N) is 1. The van der Waals surface area contributed by atoms with E-state index in [4.69, 9.17) is 0 Å². The second kappa shape index (κ2) is 8.86. The van der Waals surface area contributed by atoms with Gasteiger partial charge >= 0.3 is 0 Å². The number of benzene rings is 1. The molecule has 28 heavy (non-hydrogen) atoms. The SMILES string of the molecule is Cn1c(SCC(=O)N/N=C\c2cccnc2)nnc1-c1cccc([N+](=O)[O-])c1. The van der Waals surface area contributed by atoms with Gasteiger partial charge < -0.3 is 4.57 Å². The fourth-order valence-corrected chi connectivity index (χ4v) is 2.95. The zero-order valence-corrected chi connectivity index (χ0v) is 15.5. The van der Waals surface area contributed by atoms with Gasteiger partial charge in [0.1, 0.15) is 0 Å². The van der Waals surface area contributed by atoms with Crippen LogP contribution in [0.25, 0.3) is 11.4 Å². The summed E-state index contributed by atoms with van der Waals surface area (Å²) in [6, 6.07) is 9.72. The fourth-order valence-electron chi connectivity index (χ4n) is 2.24. The molecule has 3 aromatic rings. The fraction of sp³-hybridized carbons (Fsp3) is 0.118. The van der Waals surface area contributed by atoms with Crippen LogP contribution in [0.5, 0.6) is 0 Å². The van der Waals surface area contributed by atoms with Crippen molar-refractivity contribution >= 4 is 29.6 Å². The molecule has 0 atom stereocenters. The van der Waals surface area contributed by atoms with E-state index in [9.17, 15) is 14.9 Å². The van der Waals surface area contributed by atoms with Crippen molar-refractivity contribution in [3.05, 3.63) is 64.5 Å². The maximum atomic E-state index is 11.9. The predicted molar refractivity (Wildman–Crippen MR) is 104 cm³/mol. The number of hydrazone groups is 1. The average molecular weight is 397 g/mol. The van der Waals surface area contributed by atoms with E-state index in [1.807, 2.05) is 6.07 Å². The molecule has 0 spiro atoms. The lowest BCUT2D eigenvalue weighted by molar-refractivity contribution is -0.384. The van der Waals surface area contributed by atoms with Gasteiger partial charge in [-0.3, -0.25) is 19.9 Å². The molecule has 0 fully saturated rings. The van der Waals surface area contributed by atoms with E-state index in [2.05, 4.69) is 25.7 Å². The third kappa shape index (κ3) is 4.76. The van der Waals surface area contributed by atoms with E-state index >= 15 is 0 Å². The second-order valence-electron chi connectivity index (χ2n) is 5.54. The van der Waals surface area contributed by atoms with Crippen molar-refractivity contribution in [1.29, 1.82) is 0 Å². The Bertz CT molecular complexity index is 1020. The Kier molecular flexibility index (Phi) is 6.07. The molecule has 0 unspecified atom stereocenters. The highest BCUT2D eigenvalue weighted by Crippen LogP contribution is 2.25. The van der Waals surface area contributed by atoms with Crippen LogP contribution in [0.1, 0.15) is 5.56 Å². The van der Waals surface area contributed by atoms with Gasteiger partial charge in [-0.2, -0.15) is 5.10 Å². The summed E-state index contributed by atoms with van der Waals surface area (Å²) in [5.74, 6) is 0.261. The van der Waals surface area contributed by atoms with Crippen molar-refractivity contribution in [3.8, 4) is 11.4 Å². The predicted octanol–water partition coefficient (Wildman–Crippen LogP) is 2.03. The number of pyridine rings is 1. The highest BCUT2D eigenvalue weighted by atomic mass is 32.2. The number of carbonyl (C=O) groups excluding carboxylic acids is 1. The van der Waals surface area contributed by atoms with Crippen LogP contribution in [-0.2, 0) is 11.8 Å². The van der Waals surface area contributed by atoms with Gasteiger partial charge in [-0.15, -0.1) is 10.2 Å². The van der Waals surface area contributed by atoms with Crippen LogP contribution in [0.4, 0.5) is 5.69 Å². The summed E-state index contributed by atoms with van der Waals surface area (Å²) in [6.07, 6.45) is 4.77. The van der Waals surface area contributed by atoms with E-state index in [1.165, 1.54) is 30.1 Å². The number of carbonyl (C=O) groups is 1. The Balaban J connectivity index is 1.60. The Morgan fingerprint density at radius 2 is 2.21 bits per heavy atom. The van der Waals surface area contributed by atoms with Gasteiger partial charge in [-0.05, 0) is 6.07 Å². The monoisotopic (exact) mass is 397 g/mol. The topological polar surface area (TPSA) is 128 Å². The molecule has 0 aliphatic carbocycles. The molecule has 1 N–H and O–H groups in total. The number of amides is 1. The van der Waals surface area contributed by atoms with E-state index in [-0.39, 0.29) is 17.3 Å². The summed E-state index contributed by atoms with van der Waals surface area (Å²) in [7, 11) is 1.73. The van der Waals surface area contributed by atoms with E-state index < -0.39 is 4.92 Å². The van der Waals surface area contributed by atoms with E-state index in [0.29, 0.717) is 16.5 Å². The lowest BCUT2D eigenvalue weighted by Crippen LogP contribution is -2.19. The highest BCUT2D eigenvalue weighted by Gasteiger charge is 2.15. The van der Waals surface area contributed by atoms with Gasteiger partial charge in [0.15, 0.2) is 11.0 Å². The van der Waals surface area contributed by atoms with Crippen molar-refractivity contribution in [3.63, 3.8) is 0 Å². The number of hydrogen-bond donors (Lipinski definition) is 1. The molecule has 2 aromatic heterocycles. The van der Waals surface area contributed by atoms with Crippen molar-refractivity contribution in [1.82, 2.24) is 25.2 Å². The molecule has 1 amide bonds. The van der Waals surface area contributed by atoms with Crippen LogP contribution in [0.2, 0.25) is 0 Å². The van der Waals surface area contributed by atoms with Crippen molar-refractivity contribution < 1.29 is 9.72 Å². The maximum Gasteiger partial charge on any atom is 0.270 e. The van der Waals surface area contributed by atoms with Crippen LogP contribution in [0.3, 0.4) is 0 Å². The van der Waals surface area contributed by atoms with Gasteiger partial charge in [0.25, 0.3) is 11.6 Å². The molecule has 0 saturated carbocycles.